The Hall–Kier alpha value is -3.11. The van der Waals surface area contributed by atoms with Gasteiger partial charge < -0.3 is 14.6 Å². The first-order chi connectivity index (χ1) is 14.8. The van der Waals surface area contributed by atoms with Gasteiger partial charge in [-0.3, -0.25) is 14.9 Å². The van der Waals surface area contributed by atoms with Crippen molar-refractivity contribution in [1.29, 1.82) is 0 Å². The van der Waals surface area contributed by atoms with Crippen molar-refractivity contribution in [1.82, 2.24) is 14.8 Å². The summed E-state index contributed by atoms with van der Waals surface area (Å²) in [4.78, 5) is 22.8. The molecule has 0 saturated carbocycles. The van der Waals surface area contributed by atoms with Gasteiger partial charge in [-0.25, -0.2) is 0 Å². The maximum atomic E-state index is 12.3. The van der Waals surface area contributed by atoms with E-state index < -0.39 is 4.92 Å². The Kier molecular flexibility index (Phi) is 7.13. The number of nitro groups is 1. The van der Waals surface area contributed by atoms with Gasteiger partial charge in [0.2, 0.25) is 5.91 Å². The van der Waals surface area contributed by atoms with Crippen LogP contribution in [-0.4, -0.2) is 31.3 Å². The summed E-state index contributed by atoms with van der Waals surface area (Å²) in [5.41, 5.74) is 0.896. The number of halogens is 1. The minimum atomic E-state index is -0.540. The zero-order valence-corrected chi connectivity index (χ0v) is 18.6. The predicted octanol–water partition coefficient (Wildman–Crippen LogP) is 4.56. The molecule has 162 valence electrons. The summed E-state index contributed by atoms with van der Waals surface area (Å²) in [6.07, 6.45) is -0.381. The van der Waals surface area contributed by atoms with Crippen LogP contribution in [0.4, 0.5) is 11.4 Å². The Morgan fingerprint density at radius 2 is 2.06 bits per heavy atom. The van der Waals surface area contributed by atoms with E-state index in [1.807, 2.05) is 19.9 Å². The molecule has 0 aliphatic heterocycles. The Balaban J connectivity index is 1.62. The lowest BCUT2D eigenvalue weighted by Gasteiger charge is -2.15. The number of aromatic nitrogens is 3. The molecule has 2 aromatic carbocycles. The third-order valence-electron chi connectivity index (χ3n) is 4.38. The average Bonchev–Trinajstić information content (AvgIpc) is 3.10. The van der Waals surface area contributed by atoms with Crippen LogP contribution in [0.25, 0.3) is 0 Å². The Morgan fingerprint density at radius 1 is 1.32 bits per heavy atom. The Morgan fingerprint density at radius 3 is 2.77 bits per heavy atom. The first-order valence-corrected chi connectivity index (χ1v) is 10.6. The number of nitro benzene ring substituents is 1. The predicted molar refractivity (Wildman–Crippen MR) is 119 cm³/mol. The molecule has 1 unspecified atom stereocenters. The van der Waals surface area contributed by atoms with Crippen molar-refractivity contribution in [2.45, 2.75) is 25.1 Å². The van der Waals surface area contributed by atoms with Gasteiger partial charge in [0, 0.05) is 18.1 Å². The maximum Gasteiger partial charge on any atom is 0.292 e. The number of nitrogens with one attached hydrogen (secondary N) is 1. The van der Waals surface area contributed by atoms with Gasteiger partial charge in [-0.2, -0.15) is 0 Å². The molecule has 9 nitrogen and oxygen atoms in total. The molecule has 31 heavy (non-hydrogen) atoms. The highest BCUT2D eigenvalue weighted by molar-refractivity contribution is 7.99. The standard InChI is InChI=1S/C20H20ClN5O4S/c1-12-10-14(8-9-15(12)21)30-13(2)19-23-24-20(25(19)3)31-11-18(27)22-16-6-4-5-7-17(16)26(28)29/h4-10,13H,11H2,1-3H3,(H,22,27). The minimum Gasteiger partial charge on any atom is -0.483 e. The lowest BCUT2D eigenvalue weighted by atomic mass is 10.2. The van der Waals surface area contributed by atoms with Crippen molar-refractivity contribution in [3.8, 4) is 5.75 Å². The number of ether oxygens (including phenoxy) is 1. The monoisotopic (exact) mass is 461 g/mol. The molecule has 1 atom stereocenters. The molecule has 1 N–H and O–H groups in total. The number of anilines is 1. The molecule has 0 aliphatic rings. The van der Waals surface area contributed by atoms with E-state index in [-0.39, 0.29) is 29.1 Å². The first kappa shape index (κ1) is 22.6. The summed E-state index contributed by atoms with van der Waals surface area (Å²) >= 11 is 7.22. The van der Waals surface area contributed by atoms with E-state index in [0.717, 1.165) is 5.56 Å². The van der Waals surface area contributed by atoms with Crippen LogP contribution in [0.2, 0.25) is 5.02 Å². The number of carbonyl (C=O) groups is 1. The van der Waals surface area contributed by atoms with E-state index >= 15 is 0 Å². The van der Waals surface area contributed by atoms with E-state index in [1.165, 1.54) is 30.0 Å². The number of benzene rings is 2. The molecule has 3 rings (SSSR count). The Labute approximate surface area is 187 Å². The van der Waals surface area contributed by atoms with Crippen molar-refractivity contribution in [3.63, 3.8) is 0 Å². The molecule has 1 aromatic heterocycles. The fraction of sp³-hybridized carbons (Fsp3) is 0.250. The summed E-state index contributed by atoms with van der Waals surface area (Å²) in [7, 11) is 1.78. The maximum absolute atomic E-state index is 12.3. The minimum absolute atomic E-state index is 0.0175. The third kappa shape index (κ3) is 5.53. The van der Waals surface area contributed by atoms with Crippen LogP contribution in [0.3, 0.4) is 0 Å². The van der Waals surface area contributed by atoms with Crippen molar-refractivity contribution in [2.75, 3.05) is 11.1 Å². The van der Waals surface area contributed by atoms with Crippen molar-refractivity contribution in [3.05, 3.63) is 69.0 Å². The van der Waals surface area contributed by atoms with Gasteiger partial charge in [-0.1, -0.05) is 35.5 Å². The van der Waals surface area contributed by atoms with Gasteiger partial charge in [-0.15, -0.1) is 10.2 Å². The highest BCUT2D eigenvalue weighted by atomic mass is 35.5. The van der Waals surface area contributed by atoms with Crippen LogP contribution in [-0.2, 0) is 11.8 Å². The molecule has 3 aromatic rings. The largest absolute Gasteiger partial charge is 0.483 e. The normalized spacial score (nSPS) is 11.7. The number of hydrogen-bond donors (Lipinski definition) is 1. The highest BCUT2D eigenvalue weighted by Crippen LogP contribution is 2.27. The van der Waals surface area contributed by atoms with Gasteiger partial charge in [0.15, 0.2) is 17.1 Å². The number of carbonyl (C=O) groups excluding carboxylic acids is 1. The summed E-state index contributed by atoms with van der Waals surface area (Å²) in [5, 5.41) is 23.1. The van der Waals surface area contributed by atoms with Crippen molar-refractivity contribution < 1.29 is 14.5 Å². The topological polar surface area (TPSA) is 112 Å². The van der Waals surface area contributed by atoms with E-state index in [0.29, 0.717) is 21.8 Å². The lowest BCUT2D eigenvalue weighted by molar-refractivity contribution is -0.383. The molecule has 0 aliphatic carbocycles. The highest BCUT2D eigenvalue weighted by Gasteiger charge is 2.19. The van der Waals surface area contributed by atoms with E-state index in [2.05, 4.69) is 15.5 Å². The van der Waals surface area contributed by atoms with Crippen LogP contribution in [0.5, 0.6) is 5.75 Å². The molecule has 0 spiro atoms. The number of nitrogens with zero attached hydrogens (tertiary/aromatic N) is 4. The number of rotatable bonds is 8. The van der Waals surface area contributed by atoms with Gasteiger partial charge >= 0.3 is 0 Å². The fourth-order valence-corrected chi connectivity index (χ4v) is 3.64. The van der Waals surface area contributed by atoms with Crippen LogP contribution < -0.4 is 10.1 Å². The second-order valence-electron chi connectivity index (χ2n) is 6.68. The van der Waals surface area contributed by atoms with Gasteiger partial charge in [0.25, 0.3) is 5.69 Å². The second-order valence-corrected chi connectivity index (χ2v) is 8.03. The Bertz CT molecular complexity index is 1120. The molecule has 0 bridgehead atoms. The summed E-state index contributed by atoms with van der Waals surface area (Å²) in [6, 6.07) is 11.4. The zero-order chi connectivity index (χ0) is 22.5. The number of thioether (sulfide) groups is 1. The van der Waals surface area contributed by atoms with Gasteiger partial charge in [0.1, 0.15) is 11.4 Å². The van der Waals surface area contributed by atoms with Gasteiger partial charge in [-0.05, 0) is 43.7 Å². The molecular weight excluding hydrogens is 442 g/mol. The smallest absolute Gasteiger partial charge is 0.292 e. The number of para-hydroxylation sites is 2. The van der Waals surface area contributed by atoms with Crippen molar-refractivity contribution >= 4 is 40.6 Å². The quantitative estimate of drug-likeness (QED) is 0.297. The average molecular weight is 462 g/mol. The van der Waals surface area contributed by atoms with Crippen LogP contribution in [0.15, 0.2) is 47.6 Å². The molecular formula is C20H20ClN5O4S. The lowest BCUT2D eigenvalue weighted by Crippen LogP contribution is -2.15. The molecule has 0 saturated heterocycles. The number of aryl methyl sites for hydroxylation is 1. The number of hydrogen-bond acceptors (Lipinski definition) is 7. The second kappa shape index (κ2) is 9.80. The first-order valence-electron chi connectivity index (χ1n) is 9.24. The van der Waals surface area contributed by atoms with E-state index in [1.54, 1.807) is 29.8 Å². The molecule has 0 fully saturated rings. The van der Waals surface area contributed by atoms with Crippen LogP contribution >= 0.6 is 23.4 Å². The summed E-state index contributed by atoms with van der Waals surface area (Å²) in [6.45, 7) is 3.75. The van der Waals surface area contributed by atoms with Gasteiger partial charge in [0.05, 0.1) is 10.7 Å². The van der Waals surface area contributed by atoms with Crippen molar-refractivity contribution in [2.24, 2.45) is 7.05 Å². The van der Waals surface area contributed by atoms with Crippen LogP contribution in [0, 0.1) is 17.0 Å². The summed E-state index contributed by atoms with van der Waals surface area (Å²) < 4.78 is 7.68. The zero-order valence-electron chi connectivity index (χ0n) is 17.0. The van der Waals surface area contributed by atoms with E-state index in [9.17, 15) is 14.9 Å². The third-order valence-corrected chi connectivity index (χ3v) is 5.83. The number of amides is 1. The SMILES string of the molecule is Cc1cc(OC(C)c2nnc(SCC(=O)Nc3ccccc3[N+](=O)[O-])n2C)ccc1Cl. The molecule has 0 radical (unpaired) electrons. The molecule has 1 amide bonds. The van der Waals surface area contributed by atoms with E-state index in [4.69, 9.17) is 16.3 Å². The molecule has 11 heteroatoms. The molecule has 1 heterocycles. The fourth-order valence-electron chi connectivity index (χ4n) is 2.81. The van der Waals surface area contributed by atoms with Crippen LogP contribution in [0.1, 0.15) is 24.4 Å². The summed E-state index contributed by atoms with van der Waals surface area (Å²) in [5.74, 6) is 0.887.